The number of hydrogen-bond donors (Lipinski definition) is 2. The molecule has 0 radical (unpaired) electrons. The largest absolute Gasteiger partial charge is 0.457 e. The lowest BCUT2D eigenvalue weighted by Crippen LogP contribution is -2.44. The van der Waals surface area contributed by atoms with E-state index < -0.39 is 6.04 Å². The van der Waals surface area contributed by atoms with Crippen LogP contribution in [-0.4, -0.2) is 28.1 Å². The molecule has 1 fully saturated rings. The van der Waals surface area contributed by atoms with Gasteiger partial charge in [-0.15, -0.1) is 10.2 Å². The fourth-order valence-electron chi connectivity index (χ4n) is 4.32. The summed E-state index contributed by atoms with van der Waals surface area (Å²) in [5, 5.41) is 15.7. The van der Waals surface area contributed by atoms with Crippen LogP contribution in [-0.2, 0) is 16.0 Å². The Balaban J connectivity index is 1.33. The minimum absolute atomic E-state index is 0.157. The summed E-state index contributed by atoms with van der Waals surface area (Å²) in [6, 6.07) is 16.3. The van der Waals surface area contributed by atoms with Crippen molar-refractivity contribution in [3.63, 3.8) is 0 Å². The Kier molecular flexibility index (Phi) is 8.84. The summed E-state index contributed by atoms with van der Waals surface area (Å²) in [7, 11) is 0. The summed E-state index contributed by atoms with van der Waals surface area (Å²) < 4.78 is 5.86. The molecule has 4 rings (SSSR count). The van der Waals surface area contributed by atoms with Crippen LogP contribution in [0.15, 0.2) is 54.6 Å². The molecule has 2 aromatic carbocycles. The molecule has 1 aliphatic carbocycles. The zero-order valence-electron chi connectivity index (χ0n) is 20.0. The SMILES string of the molecule is CCCC(NC(=O)Cc1cccc(Oc2ccccc2)c1)C(=O)Nc1nnc(C2CCCCC2)s1. The van der Waals surface area contributed by atoms with Crippen LogP contribution in [0.1, 0.15) is 68.4 Å². The number of nitrogens with one attached hydrogen (secondary N) is 2. The molecule has 0 saturated heterocycles. The number of nitrogens with zero attached hydrogens (tertiary/aromatic N) is 2. The van der Waals surface area contributed by atoms with Crippen molar-refractivity contribution in [3.8, 4) is 11.5 Å². The summed E-state index contributed by atoms with van der Waals surface area (Å²) >= 11 is 1.45. The molecule has 35 heavy (non-hydrogen) atoms. The number of benzene rings is 2. The molecule has 8 heteroatoms. The van der Waals surface area contributed by atoms with Crippen LogP contribution in [0.2, 0.25) is 0 Å². The van der Waals surface area contributed by atoms with Gasteiger partial charge in [0.05, 0.1) is 6.42 Å². The Bertz CT molecular complexity index is 1110. The van der Waals surface area contributed by atoms with Gasteiger partial charge < -0.3 is 10.1 Å². The first-order valence-electron chi connectivity index (χ1n) is 12.4. The first-order valence-corrected chi connectivity index (χ1v) is 13.2. The van der Waals surface area contributed by atoms with Gasteiger partial charge in [-0.2, -0.15) is 0 Å². The molecule has 1 atom stereocenters. The van der Waals surface area contributed by atoms with E-state index in [2.05, 4.69) is 20.8 Å². The first kappa shape index (κ1) is 24.9. The van der Waals surface area contributed by atoms with Crippen molar-refractivity contribution in [2.24, 2.45) is 0 Å². The van der Waals surface area contributed by atoms with Crippen LogP contribution in [0, 0.1) is 0 Å². The van der Waals surface area contributed by atoms with E-state index in [4.69, 9.17) is 4.74 Å². The van der Waals surface area contributed by atoms with Crippen LogP contribution >= 0.6 is 11.3 Å². The van der Waals surface area contributed by atoms with Crippen molar-refractivity contribution < 1.29 is 14.3 Å². The smallest absolute Gasteiger partial charge is 0.248 e. The number of hydrogen-bond acceptors (Lipinski definition) is 6. The van der Waals surface area contributed by atoms with Gasteiger partial charge in [-0.25, -0.2) is 0 Å². The second-order valence-electron chi connectivity index (χ2n) is 8.92. The quantitative estimate of drug-likeness (QED) is 0.371. The lowest BCUT2D eigenvalue weighted by atomic mass is 9.90. The highest BCUT2D eigenvalue weighted by Gasteiger charge is 2.23. The van der Waals surface area contributed by atoms with Gasteiger partial charge in [0.15, 0.2) is 0 Å². The van der Waals surface area contributed by atoms with Gasteiger partial charge in [0.2, 0.25) is 16.9 Å². The molecule has 7 nitrogen and oxygen atoms in total. The third-order valence-electron chi connectivity index (χ3n) is 6.10. The van der Waals surface area contributed by atoms with Crippen molar-refractivity contribution in [3.05, 3.63) is 65.2 Å². The average Bonchev–Trinajstić information content (AvgIpc) is 3.33. The third-order valence-corrected chi connectivity index (χ3v) is 7.10. The lowest BCUT2D eigenvalue weighted by molar-refractivity contribution is -0.126. The number of para-hydroxylation sites is 1. The Morgan fingerprint density at radius 1 is 1.03 bits per heavy atom. The van der Waals surface area contributed by atoms with Crippen LogP contribution in [0.4, 0.5) is 5.13 Å². The number of aromatic nitrogens is 2. The molecule has 0 spiro atoms. The minimum Gasteiger partial charge on any atom is -0.457 e. The van der Waals surface area contributed by atoms with E-state index in [1.165, 1.54) is 30.6 Å². The van der Waals surface area contributed by atoms with E-state index in [0.29, 0.717) is 23.2 Å². The number of rotatable bonds is 10. The van der Waals surface area contributed by atoms with Gasteiger partial charge in [0.1, 0.15) is 22.5 Å². The Morgan fingerprint density at radius 3 is 2.57 bits per heavy atom. The van der Waals surface area contributed by atoms with Crippen LogP contribution in [0.3, 0.4) is 0 Å². The zero-order valence-corrected chi connectivity index (χ0v) is 20.9. The summed E-state index contributed by atoms with van der Waals surface area (Å²) in [5.74, 6) is 1.37. The fourth-order valence-corrected chi connectivity index (χ4v) is 5.24. The van der Waals surface area contributed by atoms with Crippen molar-refractivity contribution in [2.45, 2.75) is 70.3 Å². The highest BCUT2D eigenvalue weighted by Crippen LogP contribution is 2.35. The number of carbonyl (C=O) groups excluding carboxylic acids is 2. The second kappa shape index (κ2) is 12.4. The standard InChI is InChI=1S/C27H32N4O3S/c1-2-10-23(25(33)29-27-31-30-26(35-27)20-12-5-3-6-13-20)28-24(32)18-19-11-9-16-22(17-19)34-21-14-7-4-8-15-21/h4,7-9,11,14-17,20,23H,2-3,5-6,10,12-13,18H2,1H3,(H,28,32)(H,29,31,33). The minimum atomic E-state index is -0.627. The number of ether oxygens (including phenoxy) is 1. The molecule has 3 aromatic rings. The molecule has 2 amide bonds. The maximum atomic E-state index is 12.9. The lowest BCUT2D eigenvalue weighted by Gasteiger charge is -2.18. The van der Waals surface area contributed by atoms with Crippen LogP contribution < -0.4 is 15.4 Å². The van der Waals surface area contributed by atoms with Crippen molar-refractivity contribution in [1.29, 1.82) is 0 Å². The molecular weight excluding hydrogens is 460 g/mol. The van der Waals surface area contributed by atoms with E-state index in [-0.39, 0.29) is 18.2 Å². The van der Waals surface area contributed by atoms with E-state index in [0.717, 1.165) is 35.6 Å². The second-order valence-corrected chi connectivity index (χ2v) is 9.93. The molecule has 0 aliphatic heterocycles. The van der Waals surface area contributed by atoms with Crippen molar-refractivity contribution in [2.75, 3.05) is 5.32 Å². The third kappa shape index (κ3) is 7.36. The molecular formula is C27H32N4O3S. The highest BCUT2D eigenvalue weighted by molar-refractivity contribution is 7.15. The maximum Gasteiger partial charge on any atom is 0.248 e. The maximum absolute atomic E-state index is 12.9. The number of anilines is 1. The Morgan fingerprint density at radius 2 is 1.80 bits per heavy atom. The normalized spacial score (nSPS) is 14.8. The van der Waals surface area contributed by atoms with E-state index in [1.807, 2.05) is 61.5 Å². The highest BCUT2D eigenvalue weighted by atomic mass is 32.1. The predicted octanol–water partition coefficient (Wildman–Crippen LogP) is 5.84. The van der Waals surface area contributed by atoms with Gasteiger partial charge in [-0.05, 0) is 49.1 Å². The van der Waals surface area contributed by atoms with Crippen molar-refractivity contribution in [1.82, 2.24) is 15.5 Å². The number of carbonyl (C=O) groups is 2. The Hall–Kier alpha value is -3.26. The molecule has 1 saturated carbocycles. The first-order chi connectivity index (χ1) is 17.1. The molecule has 2 N–H and O–H groups in total. The van der Waals surface area contributed by atoms with E-state index >= 15 is 0 Å². The monoisotopic (exact) mass is 492 g/mol. The topological polar surface area (TPSA) is 93.2 Å². The van der Waals surface area contributed by atoms with E-state index in [9.17, 15) is 9.59 Å². The predicted molar refractivity (Wildman–Crippen MR) is 138 cm³/mol. The molecule has 1 aliphatic rings. The number of amides is 2. The summed E-state index contributed by atoms with van der Waals surface area (Å²) in [6.07, 6.45) is 7.45. The van der Waals surface area contributed by atoms with Gasteiger partial charge in [-0.1, -0.05) is 74.3 Å². The van der Waals surface area contributed by atoms with Gasteiger partial charge in [-0.3, -0.25) is 14.9 Å². The average molecular weight is 493 g/mol. The van der Waals surface area contributed by atoms with Crippen molar-refractivity contribution >= 4 is 28.3 Å². The van der Waals surface area contributed by atoms with Gasteiger partial charge in [0.25, 0.3) is 0 Å². The van der Waals surface area contributed by atoms with Gasteiger partial charge >= 0.3 is 0 Å². The van der Waals surface area contributed by atoms with Crippen LogP contribution in [0.5, 0.6) is 11.5 Å². The molecule has 1 heterocycles. The Labute approximate surface area is 210 Å². The van der Waals surface area contributed by atoms with E-state index in [1.54, 1.807) is 0 Å². The summed E-state index contributed by atoms with van der Waals surface area (Å²) in [5.41, 5.74) is 0.813. The molecule has 1 aromatic heterocycles. The molecule has 184 valence electrons. The molecule has 1 unspecified atom stereocenters. The summed E-state index contributed by atoms with van der Waals surface area (Å²) in [6.45, 7) is 1.99. The zero-order chi connectivity index (χ0) is 24.5. The summed E-state index contributed by atoms with van der Waals surface area (Å²) in [4.78, 5) is 25.7. The fraction of sp³-hybridized carbons (Fsp3) is 0.407. The van der Waals surface area contributed by atoms with Crippen LogP contribution in [0.25, 0.3) is 0 Å². The van der Waals surface area contributed by atoms with Gasteiger partial charge in [0, 0.05) is 5.92 Å². The molecule has 0 bridgehead atoms.